The second-order valence-corrected chi connectivity index (χ2v) is 6.60. The van der Waals surface area contributed by atoms with Gasteiger partial charge in [-0.1, -0.05) is 38.1 Å². The van der Waals surface area contributed by atoms with Crippen LogP contribution in [0.25, 0.3) is 0 Å². The van der Waals surface area contributed by atoms with Crippen molar-refractivity contribution in [2.45, 2.75) is 45.4 Å². The Morgan fingerprint density at radius 3 is 2.33 bits per heavy atom. The largest absolute Gasteiger partial charge is 0.483 e. The monoisotopic (exact) mass is 325 g/mol. The summed E-state index contributed by atoms with van der Waals surface area (Å²) in [5.41, 5.74) is 15.8. The number of hydrogen-bond acceptors (Lipinski definition) is 4. The third kappa shape index (κ3) is 3.20. The molecule has 4 heteroatoms. The molecule has 0 bridgehead atoms. The predicted octanol–water partition coefficient (Wildman–Crippen LogP) is 3.69. The van der Waals surface area contributed by atoms with Crippen LogP contribution in [0.1, 0.15) is 37.8 Å². The zero-order chi connectivity index (χ0) is 17.2. The molecule has 0 radical (unpaired) electrons. The van der Waals surface area contributed by atoms with Crippen LogP contribution in [0.5, 0.6) is 5.75 Å². The molecule has 24 heavy (non-hydrogen) atoms. The van der Waals surface area contributed by atoms with Gasteiger partial charge in [-0.05, 0) is 42.2 Å². The first kappa shape index (κ1) is 16.7. The van der Waals surface area contributed by atoms with Gasteiger partial charge in [0.2, 0.25) is 0 Å². The molecule has 0 spiro atoms. The van der Waals surface area contributed by atoms with Gasteiger partial charge in [0.25, 0.3) is 0 Å². The maximum Gasteiger partial charge on any atom is 0.143 e. The summed E-state index contributed by atoms with van der Waals surface area (Å²) in [6.45, 7) is 6.67. The van der Waals surface area contributed by atoms with E-state index in [4.69, 9.17) is 16.2 Å². The van der Waals surface area contributed by atoms with Gasteiger partial charge in [-0.25, -0.2) is 0 Å². The second kappa shape index (κ2) is 6.73. The summed E-state index contributed by atoms with van der Waals surface area (Å²) in [6, 6.07) is 14.4. The lowest BCUT2D eigenvalue weighted by Gasteiger charge is -2.44. The zero-order valence-electron chi connectivity index (χ0n) is 14.6. The molecule has 0 saturated heterocycles. The highest BCUT2D eigenvalue weighted by Crippen LogP contribution is 2.41. The van der Waals surface area contributed by atoms with E-state index in [-0.39, 0.29) is 5.60 Å². The van der Waals surface area contributed by atoms with E-state index in [1.807, 2.05) is 18.2 Å². The van der Waals surface area contributed by atoms with Crippen molar-refractivity contribution in [1.29, 1.82) is 0 Å². The molecular weight excluding hydrogens is 298 g/mol. The Bertz CT molecular complexity index is 693. The fourth-order valence-electron chi connectivity index (χ4n) is 3.33. The third-order valence-corrected chi connectivity index (χ3v) is 5.05. The minimum Gasteiger partial charge on any atom is -0.483 e. The number of ether oxygens (including phenoxy) is 1. The molecule has 0 aliphatic carbocycles. The maximum absolute atomic E-state index is 6.36. The number of nitrogen functional groups attached to an aromatic ring is 1. The first-order valence-electron chi connectivity index (χ1n) is 8.70. The average Bonchev–Trinajstić information content (AvgIpc) is 2.62. The molecule has 0 fully saturated rings. The van der Waals surface area contributed by atoms with Crippen molar-refractivity contribution in [3.63, 3.8) is 0 Å². The van der Waals surface area contributed by atoms with Gasteiger partial charge in [-0.15, -0.1) is 0 Å². The molecule has 1 aliphatic heterocycles. The van der Waals surface area contributed by atoms with Crippen molar-refractivity contribution < 1.29 is 4.74 Å². The van der Waals surface area contributed by atoms with Gasteiger partial charge in [-0.3, -0.25) is 0 Å². The third-order valence-electron chi connectivity index (χ3n) is 5.05. The van der Waals surface area contributed by atoms with Gasteiger partial charge in [-0.2, -0.15) is 0 Å². The molecule has 1 aliphatic rings. The molecule has 0 saturated carbocycles. The fourth-order valence-corrected chi connectivity index (χ4v) is 3.33. The van der Waals surface area contributed by atoms with Crippen molar-refractivity contribution in [3.8, 4) is 5.75 Å². The molecule has 4 N–H and O–H groups in total. The van der Waals surface area contributed by atoms with Crippen LogP contribution in [0.2, 0.25) is 0 Å². The minimum atomic E-state index is -0.139. The Labute approximate surface area is 144 Å². The summed E-state index contributed by atoms with van der Waals surface area (Å²) in [4.78, 5) is 2.39. The number of nitrogens with zero attached hydrogens (tertiary/aromatic N) is 1. The average molecular weight is 325 g/mol. The number of benzene rings is 2. The van der Waals surface area contributed by atoms with E-state index in [0.29, 0.717) is 6.54 Å². The standard InChI is InChI=1S/C20H27N3O/c1-3-20(4-2)14-23(13-16-7-5-15(12-21)6-8-16)18-11-17(22)9-10-19(18)24-20/h5-11H,3-4,12-14,21-22H2,1-2H3. The van der Waals surface area contributed by atoms with Gasteiger partial charge in [0.1, 0.15) is 11.4 Å². The van der Waals surface area contributed by atoms with Crippen molar-refractivity contribution in [3.05, 3.63) is 53.6 Å². The molecular formula is C20H27N3O. The summed E-state index contributed by atoms with van der Waals surface area (Å²) in [6.07, 6.45) is 1.96. The van der Waals surface area contributed by atoms with Gasteiger partial charge in [0.05, 0.1) is 12.2 Å². The summed E-state index contributed by atoms with van der Waals surface area (Å²) in [7, 11) is 0. The Hall–Kier alpha value is -2.20. The Morgan fingerprint density at radius 1 is 1.04 bits per heavy atom. The zero-order valence-corrected chi connectivity index (χ0v) is 14.6. The first-order chi connectivity index (χ1) is 11.6. The van der Waals surface area contributed by atoms with Crippen LogP contribution in [0.4, 0.5) is 11.4 Å². The lowest BCUT2D eigenvalue weighted by Crippen LogP contribution is -2.50. The van der Waals surface area contributed by atoms with Crippen LogP contribution in [0.3, 0.4) is 0 Å². The van der Waals surface area contributed by atoms with Gasteiger partial charge in [0, 0.05) is 18.8 Å². The van der Waals surface area contributed by atoms with E-state index in [9.17, 15) is 0 Å². The molecule has 0 atom stereocenters. The molecule has 1 heterocycles. The molecule has 0 aromatic heterocycles. The van der Waals surface area contributed by atoms with Crippen molar-refractivity contribution >= 4 is 11.4 Å². The molecule has 3 rings (SSSR count). The molecule has 2 aromatic carbocycles. The SMILES string of the molecule is CCC1(CC)CN(Cc2ccc(CN)cc2)c2cc(N)ccc2O1. The lowest BCUT2D eigenvalue weighted by atomic mass is 9.93. The number of hydrogen-bond donors (Lipinski definition) is 2. The molecule has 128 valence electrons. The van der Waals surface area contributed by atoms with Gasteiger partial charge in [0.15, 0.2) is 0 Å². The summed E-state index contributed by atoms with van der Waals surface area (Å²) >= 11 is 0. The van der Waals surface area contributed by atoms with E-state index < -0.39 is 0 Å². The number of rotatable bonds is 5. The van der Waals surface area contributed by atoms with Crippen molar-refractivity contribution in [2.24, 2.45) is 5.73 Å². The quantitative estimate of drug-likeness (QED) is 0.823. The van der Waals surface area contributed by atoms with E-state index >= 15 is 0 Å². The van der Waals surface area contributed by atoms with Crippen LogP contribution >= 0.6 is 0 Å². The Kier molecular flexibility index (Phi) is 4.67. The van der Waals surface area contributed by atoms with Gasteiger partial charge < -0.3 is 21.1 Å². The van der Waals surface area contributed by atoms with E-state index in [2.05, 4.69) is 43.0 Å². The minimum absolute atomic E-state index is 0.139. The van der Waals surface area contributed by atoms with Crippen LogP contribution in [-0.4, -0.2) is 12.1 Å². The molecule has 2 aromatic rings. The summed E-state index contributed by atoms with van der Waals surface area (Å²) < 4.78 is 6.36. The number of nitrogens with two attached hydrogens (primary N) is 2. The van der Waals surface area contributed by atoms with Crippen molar-refractivity contribution in [1.82, 2.24) is 0 Å². The lowest BCUT2D eigenvalue weighted by molar-refractivity contribution is 0.0570. The predicted molar refractivity (Wildman–Crippen MR) is 100 cm³/mol. The highest BCUT2D eigenvalue weighted by molar-refractivity contribution is 5.66. The van der Waals surface area contributed by atoms with E-state index in [1.54, 1.807) is 0 Å². The highest BCUT2D eigenvalue weighted by Gasteiger charge is 2.37. The summed E-state index contributed by atoms with van der Waals surface area (Å²) in [5, 5.41) is 0. The maximum atomic E-state index is 6.36. The van der Waals surface area contributed by atoms with Crippen LogP contribution in [0, 0.1) is 0 Å². The Balaban J connectivity index is 1.93. The van der Waals surface area contributed by atoms with E-state index in [1.165, 1.54) is 5.56 Å². The topological polar surface area (TPSA) is 64.5 Å². The Morgan fingerprint density at radius 2 is 1.71 bits per heavy atom. The fraction of sp³-hybridized carbons (Fsp3) is 0.400. The molecule has 0 unspecified atom stereocenters. The van der Waals surface area contributed by atoms with Gasteiger partial charge >= 0.3 is 0 Å². The second-order valence-electron chi connectivity index (χ2n) is 6.60. The smallest absolute Gasteiger partial charge is 0.143 e. The first-order valence-corrected chi connectivity index (χ1v) is 8.70. The van der Waals surface area contributed by atoms with Crippen LogP contribution < -0.4 is 21.1 Å². The number of fused-ring (bicyclic) bond motifs is 1. The molecule has 4 nitrogen and oxygen atoms in total. The number of anilines is 2. The van der Waals surface area contributed by atoms with Crippen molar-refractivity contribution in [2.75, 3.05) is 17.2 Å². The van der Waals surface area contributed by atoms with Crippen LogP contribution in [0.15, 0.2) is 42.5 Å². The normalized spacial score (nSPS) is 15.7. The highest BCUT2D eigenvalue weighted by atomic mass is 16.5. The molecule has 0 amide bonds. The summed E-state index contributed by atoms with van der Waals surface area (Å²) in [5.74, 6) is 0.928. The van der Waals surface area contributed by atoms with E-state index in [0.717, 1.165) is 48.6 Å². The van der Waals surface area contributed by atoms with Crippen LogP contribution in [-0.2, 0) is 13.1 Å².